The molecular formula is C20H16F5N7O. The number of rotatable bonds is 5. The van der Waals surface area contributed by atoms with Gasteiger partial charge in [0.25, 0.3) is 5.91 Å². The fraction of sp³-hybridized carbons (Fsp3) is 0.200. The van der Waals surface area contributed by atoms with Crippen molar-refractivity contribution in [1.29, 1.82) is 0 Å². The molecule has 0 atom stereocenters. The molecule has 0 saturated carbocycles. The molecule has 8 nitrogen and oxygen atoms in total. The molecule has 0 spiro atoms. The number of hydrogen-bond acceptors (Lipinski definition) is 5. The van der Waals surface area contributed by atoms with Gasteiger partial charge in [-0.05, 0) is 36.8 Å². The normalized spacial score (nSPS) is 11.7. The Kier molecular flexibility index (Phi) is 5.47. The summed E-state index contributed by atoms with van der Waals surface area (Å²) in [5.41, 5.74) is 1.18. The van der Waals surface area contributed by atoms with E-state index in [1.807, 2.05) is 13.0 Å². The van der Waals surface area contributed by atoms with Crippen molar-refractivity contribution in [3.05, 3.63) is 53.2 Å². The molecule has 4 rings (SSSR count). The average molecular weight is 465 g/mol. The predicted molar refractivity (Wildman–Crippen MR) is 109 cm³/mol. The minimum absolute atomic E-state index is 0.180. The van der Waals surface area contributed by atoms with Crippen molar-refractivity contribution in [3.63, 3.8) is 0 Å². The van der Waals surface area contributed by atoms with Crippen molar-refractivity contribution in [2.24, 2.45) is 7.05 Å². The van der Waals surface area contributed by atoms with Crippen LogP contribution in [0.15, 0.2) is 30.5 Å². The zero-order valence-electron chi connectivity index (χ0n) is 17.2. The maximum atomic E-state index is 14.7. The number of hydrogen-bond donors (Lipinski definition) is 3. The Morgan fingerprint density at radius 2 is 1.91 bits per heavy atom. The largest absolute Gasteiger partial charge is 0.405 e. The Morgan fingerprint density at radius 3 is 2.64 bits per heavy atom. The smallest absolute Gasteiger partial charge is 0.343 e. The maximum Gasteiger partial charge on any atom is 0.405 e. The van der Waals surface area contributed by atoms with Crippen LogP contribution < -0.4 is 10.6 Å². The number of halogens is 5. The zero-order valence-corrected chi connectivity index (χ0v) is 17.2. The third-order valence-electron chi connectivity index (χ3n) is 4.92. The van der Waals surface area contributed by atoms with Crippen molar-refractivity contribution in [3.8, 4) is 11.4 Å². The number of benzene rings is 2. The van der Waals surface area contributed by atoms with Crippen molar-refractivity contribution in [2.75, 3.05) is 11.9 Å². The standard InChI is InChI=1S/C20H16F5N7O/c1-9-12-7-27-30-14(12)6-5-13(9)28-19-29-17(31-32(19)2)10-3-4-11(16(22)15(10)21)18(33)26-8-20(23,24)25/h3-7H,8H2,1-2H3,(H,26,33)(H,27,30)(H,28,29,31). The molecule has 0 radical (unpaired) electrons. The van der Waals surface area contributed by atoms with E-state index < -0.39 is 35.8 Å². The summed E-state index contributed by atoms with van der Waals surface area (Å²) in [5.74, 6) is -4.40. The molecule has 4 aromatic rings. The Hall–Kier alpha value is -4.03. The van der Waals surface area contributed by atoms with Crippen LogP contribution in [-0.4, -0.2) is 43.6 Å². The summed E-state index contributed by atoms with van der Waals surface area (Å²) in [4.78, 5) is 16.0. The molecule has 13 heteroatoms. The fourth-order valence-corrected chi connectivity index (χ4v) is 3.20. The lowest BCUT2D eigenvalue weighted by Crippen LogP contribution is -2.34. The number of amides is 1. The van der Waals surface area contributed by atoms with Crippen LogP contribution in [-0.2, 0) is 7.05 Å². The van der Waals surface area contributed by atoms with Gasteiger partial charge in [0.1, 0.15) is 6.54 Å². The summed E-state index contributed by atoms with van der Waals surface area (Å²) in [7, 11) is 1.54. The highest BCUT2D eigenvalue weighted by molar-refractivity contribution is 5.95. The van der Waals surface area contributed by atoms with Crippen LogP contribution in [0.3, 0.4) is 0 Å². The molecule has 0 aliphatic carbocycles. The van der Waals surface area contributed by atoms with E-state index in [9.17, 15) is 26.7 Å². The van der Waals surface area contributed by atoms with E-state index in [1.54, 1.807) is 12.3 Å². The lowest BCUT2D eigenvalue weighted by molar-refractivity contribution is -0.123. The first-order chi connectivity index (χ1) is 15.5. The molecule has 2 aromatic heterocycles. The van der Waals surface area contributed by atoms with E-state index in [4.69, 9.17) is 0 Å². The third kappa shape index (κ3) is 4.33. The van der Waals surface area contributed by atoms with Crippen LogP contribution in [0, 0.1) is 18.6 Å². The minimum Gasteiger partial charge on any atom is -0.343 e. The number of aromatic nitrogens is 5. The van der Waals surface area contributed by atoms with E-state index in [0.29, 0.717) is 5.69 Å². The molecular weight excluding hydrogens is 449 g/mol. The number of alkyl halides is 3. The van der Waals surface area contributed by atoms with Gasteiger partial charge in [-0.3, -0.25) is 9.89 Å². The first kappa shape index (κ1) is 22.2. The molecule has 2 heterocycles. The number of aryl methyl sites for hydroxylation is 2. The summed E-state index contributed by atoms with van der Waals surface area (Å²) >= 11 is 0. The molecule has 0 fully saturated rings. The number of nitrogens with one attached hydrogen (secondary N) is 3. The second-order valence-corrected chi connectivity index (χ2v) is 7.16. The van der Waals surface area contributed by atoms with E-state index >= 15 is 0 Å². The molecule has 0 aliphatic heterocycles. The van der Waals surface area contributed by atoms with Gasteiger partial charge in [0.05, 0.1) is 22.8 Å². The first-order valence-electron chi connectivity index (χ1n) is 9.49. The highest BCUT2D eigenvalue weighted by atomic mass is 19.4. The van der Waals surface area contributed by atoms with Crippen LogP contribution >= 0.6 is 0 Å². The van der Waals surface area contributed by atoms with Gasteiger partial charge in [0.2, 0.25) is 5.95 Å². The third-order valence-corrected chi connectivity index (χ3v) is 4.92. The van der Waals surface area contributed by atoms with Crippen molar-refractivity contribution >= 4 is 28.4 Å². The van der Waals surface area contributed by atoms with Gasteiger partial charge in [0.15, 0.2) is 17.5 Å². The molecule has 33 heavy (non-hydrogen) atoms. The van der Waals surface area contributed by atoms with E-state index in [1.165, 1.54) is 17.0 Å². The lowest BCUT2D eigenvalue weighted by atomic mass is 10.1. The lowest BCUT2D eigenvalue weighted by Gasteiger charge is -2.10. The van der Waals surface area contributed by atoms with Crippen LogP contribution in [0.1, 0.15) is 15.9 Å². The molecule has 2 aromatic carbocycles. The Bertz CT molecular complexity index is 1360. The summed E-state index contributed by atoms with van der Waals surface area (Å²) < 4.78 is 67.2. The molecule has 1 amide bonds. The van der Waals surface area contributed by atoms with Crippen molar-refractivity contribution in [1.82, 2.24) is 30.3 Å². The van der Waals surface area contributed by atoms with Crippen LogP contribution in [0.25, 0.3) is 22.3 Å². The quantitative estimate of drug-likeness (QED) is 0.387. The summed E-state index contributed by atoms with van der Waals surface area (Å²) in [6, 6.07) is 5.51. The molecule has 172 valence electrons. The van der Waals surface area contributed by atoms with Crippen molar-refractivity contribution in [2.45, 2.75) is 13.1 Å². The molecule has 3 N–H and O–H groups in total. The molecule has 0 saturated heterocycles. The van der Waals surface area contributed by atoms with Crippen molar-refractivity contribution < 1.29 is 26.7 Å². The number of nitrogens with zero attached hydrogens (tertiary/aromatic N) is 4. The van der Waals surface area contributed by atoms with E-state index in [2.05, 4.69) is 25.6 Å². The van der Waals surface area contributed by atoms with Gasteiger partial charge in [-0.2, -0.15) is 23.3 Å². The van der Waals surface area contributed by atoms with Gasteiger partial charge < -0.3 is 10.6 Å². The Balaban J connectivity index is 1.61. The topological polar surface area (TPSA) is 101 Å². The van der Waals surface area contributed by atoms with Gasteiger partial charge in [0, 0.05) is 18.1 Å². The van der Waals surface area contributed by atoms with Gasteiger partial charge in [-0.25, -0.2) is 13.5 Å². The first-order valence-corrected chi connectivity index (χ1v) is 9.49. The number of carbonyl (C=O) groups excluding carboxylic acids is 1. The van der Waals surface area contributed by atoms with E-state index in [0.717, 1.165) is 28.6 Å². The number of carbonyl (C=O) groups is 1. The average Bonchev–Trinajstić information content (AvgIpc) is 3.37. The Labute approximate surface area is 182 Å². The monoisotopic (exact) mass is 465 g/mol. The highest BCUT2D eigenvalue weighted by Crippen LogP contribution is 2.29. The maximum absolute atomic E-state index is 14.7. The fourth-order valence-electron chi connectivity index (χ4n) is 3.20. The number of H-pyrrole nitrogens is 1. The number of fused-ring (bicyclic) bond motifs is 1. The van der Waals surface area contributed by atoms with E-state index in [-0.39, 0.29) is 17.3 Å². The predicted octanol–water partition coefficient (Wildman–Crippen LogP) is 3.98. The molecule has 0 bridgehead atoms. The van der Waals surface area contributed by atoms with Gasteiger partial charge in [-0.15, -0.1) is 5.10 Å². The number of anilines is 2. The van der Waals surface area contributed by atoms with Crippen LogP contribution in [0.5, 0.6) is 0 Å². The van der Waals surface area contributed by atoms with Gasteiger partial charge in [-0.1, -0.05) is 0 Å². The minimum atomic E-state index is -4.69. The molecule has 0 unspecified atom stereocenters. The second kappa shape index (κ2) is 8.15. The summed E-state index contributed by atoms with van der Waals surface area (Å²) in [6.07, 6.45) is -3.02. The van der Waals surface area contributed by atoms with Crippen LogP contribution in [0.2, 0.25) is 0 Å². The van der Waals surface area contributed by atoms with Crippen LogP contribution in [0.4, 0.5) is 33.6 Å². The summed E-state index contributed by atoms with van der Waals surface area (Å²) in [6.45, 7) is 0.199. The van der Waals surface area contributed by atoms with Gasteiger partial charge >= 0.3 is 6.18 Å². The molecule has 0 aliphatic rings. The Morgan fingerprint density at radius 1 is 1.15 bits per heavy atom. The number of aromatic amines is 1. The second-order valence-electron chi connectivity index (χ2n) is 7.16. The SMILES string of the molecule is Cc1c(Nc2nc(-c3ccc(C(=O)NCC(F)(F)F)c(F)c3F)nn2C)ccc2[nH]ncc12. The summed E-state index contributed by atoms with van der Waals surface area (Å²) in [5, 5.41) is 16.4. The zero-order chi connectivity index (χ0) is 23.9. The highest BCUT2D eigenvalue weighted by Gasteiger charge is 2.29.